The predicted octanol–water partition coefficient (Wildman–Crippen LogP) is 3.48. The molecular weight excluding hydrogens is 312 g/mol. The number of ether oxygens (including phenoxy) is 2. The fourth-order valence-corrected chi connectivity index (χ4v) is 1.67. The van der Waals surface area contributed by atoms with E-state index in [0.717, 1.165) is 29.7 Å². The molecule has 0 aromatic heterocycles. The van der Waals surface area contributed by atoms with Gasteiger partial charge in [-0.25, -0.2) is 0 Å². The fraction of sp³-hybridized carbons (Fsp3) is 0.500. The summed E-state index contributed by atoms with van der Waals surface area (Å²) in [5, 5.41) is 9.43. The van der Waals surface area contributed by atoms with Crippen LogP contribution in [0.2, 0.25) is 0 Å². The molecule has 0 unspecified atom stereocenters. The zero-order chi connectivity index (χ0) is 13.9. The molecule has 19 heavy (non-hydrogen) atoms. The van der Waals surface area contributed by atoms with Gasteiger partial charge in [0, 0.05) is 11.8 Å². The maximum Gasteiger partial charge on any atom is 0.303 e. The molecule has 0 aliphatic carbocycles. The number of unbranched alkanes of at least 4 members (excludes halogenated alkanes) is 1. The summed E-state index contributed by atoms with van der Waals surface area (Å²) >= 11 is 3.35. The van der Waals surface area contributed by atoms with Crippen molar-refractivity contribution in [2.24, 2.45) is 0 Å². The van der Waals surface area contributed by atoms with Gasteiger partial charge in [0.25, 0.3) is 0 Å². The van der Waals surface area contributed by atoms with Crippen LogP contribution in [-0.4, -0.2) is 29.6 Å². The van der Waals surface area contributed by atoms with Gasteiger partial charge < -0.3 is 14.6 Å². The van der Waals surface area contributed by atoms with Crippen LogP contribution in [0.3, 0.4) is 0 Å². The zero-order valence-electron chi connectivity index (χ0n) is 10.8. The van der Waals surface area contributed by atoms with Crippen molar-refractivity contribution in [3.63, 3.8) is 0 Å². The molecule has 4 nitrogen and oxygen atoms in total. The van der Waals surface area contributed by atoms with Gasteiger partial charge in [0.1, 0.15) is 11.5 Å². The standard InChI is InChI=1S/C14H19BrO4/c15-9-3-11-19-13-7-5-12(6-8-13)18-10-2-1-4-14(16)17/h5-8H,1-4,9-11H2,(H,16,17). The topological polar surface area (TPSA) is 55.8 Å². The maximum absolute atomic E-state index is 10.3. The molecule has 5 heteroatoms. The van der Waals surface area contributed by atoms with E-state index in [4.69, 9.17) is 14.6 Å². The minimum absolute atomic E-state index is 0.198. The molecule has 0 aliphatic heterocycles. The van der Waals surface area contributed by atoms with Crippen molar-refractivity contribution in [2.75, 3.05) is 18.5 Å². The van der Waals surface area contributed by atoms with Crippen LogP contribution in [0.5, 0.6) is 11.5 Å². The summed E-state index contributed by atoms with van der Waals surface area (Å²) in [6.45, 7) is 1.23. The molecule has 0 heterocycles. The van der Waals surface area contributed by atoms with Gasteiger partial charge in [0.15, 0.2) is 0 Å². The number of alkyl halides is 1. The number of carbonyl (C=O) groups is 1. The monoisotopic (exact) mass is 330 g/mol. The number of rotatable bonds is 10. The smallest absolute Gasteiger partial charge is 0.303 e. The molecule has 0 radical (unpaired) electrons. The van der Waals surface area contributed by atoms with Crippen molar-refractivity contribution in [2.45, 2.75) is 25.7 Å². The molecule has 1 aromatic carbocycles. The van der Waals surface area contributed by atoms with Crippen LogP contribution in [0.4, 0.5) is 0 Å². The van der Waals surface area contributed by atoms with Gasteiger partial charge >= 0.3 is 5.97 Å². The Morgan fingerprint density at radius 2 is 1.53 bits per heavy atom. The number of aliphatic carboxylic acids is 1. The molecule has 106 valence electrons. The van der Waals surface area contributed by atoms with E-state index in [-0.39, 0.29) is 6.42 Å². The Morgan fingerprint density at radius 1 is 1.00 bits per heavy atom. The highest BCUT2D eigenvalue weighted by Crippen LogP contribution is 2.18. The van der Waals surface area contributed by atoms with Crippen LogP contribution >= 0.6 is 15.9 Å². The summed E-state index contributed by atoms with van der Waals surface area (Å²) < 4.78 is 11.0. The third-order valence-corrected chi connectivity index (χ3v) is 2.98. The van der Waals surface area contributed by atoms with E-state index in [1.165, 1.54) is 0 Å². The SMILES string of the molecule is O=C(O)CCCCOc1ccc(OCCCBr)cc1. The summed E-state index contributed by atoms with van der Waals surface area (Å²) in [6.07, 6.45) is 2.56. The zero-order valence-corrected chi connectivity index (χ0v) is 12.4. The fourth-order valence-electron chi connectivity index (χ4n) is 1.44. The highest BCUT2D eigenvalue weighted by molar-refractivity contribution is 9.09. The van der Waals surface area contributed by atoms with E-state index >= 15 is 0 Å². The van der Waals surface area contributed by atoms with Crippen LogP contribution in [0.15, 0.2) is 24.3 Å². The van der Waals surface area contributed by atoms with Crippen molar-refractivity contribution < 1.29 is 19.4 Å². The number of hydrogen-bond acceptors (Lipinski definition) is 3. The van der Waals surface area contributed by atoms with E-state index in [2.05, 4.69) is 15.9 Å². The van der Waals surface area contributed by atoms with Crippen LogP contribution in [0, 0.1) is 0 Å². The van der Waals surface area contributed by atoms with E-state index < -0.39 is 5.97 Å². The Hall–Kier alpha value is -1.23. The lowest BCUT2D eigenvalue weighted by molar-refractivity contribution is -0.137. The van der Waals surface area contributed by atoms with Crippen LogP contribution in [0.1, 0.15) is 25.7 Å². The number of carboxylic acid groups (broad SMARTS) is 1. The molecule has 0 atom stereocenters. The van der Waals surface area contributed by atoms with E-state index in [1.807, 2.05) is 24.3 Å². The van der Waals surface area contributed by atoms with Gasteiger partial charge in [0.2, 0.25) is 0 Å². The first kappa shape index (κ1) is 15.8. The summed E-state index contributed by atoms with van der Waals surface area (Å²) in [6, 6.07) is 7.48. The second-order valence-corrected chi connectivity index (χ2v) is 4.85. The minimum atomic E-state index is -0.759. The molecule has 1 rings (SSSR count). The molecule has 0 fully saturated rings. The van der Waals surface area contributed by atoms with Gasteiger partial charge in [-0.1, -0.05) is 15.9 Å². The average molecular weight is 331 g/mol. The number of halogens is 1. The van der Waals surface area contributed by atoms with Gasteiger partial charge in [-0.15, -0.1) is 0 Å². The van der Waals surface area contributed by atoms with E-state index in [9.17, 15) is 4.79 Å². The number of hydrogen-bond donors (Lipinski definition) is 1. The second kappa shape index (κ2) is 9.67. The number of benzene rings is 1. The molecule has 0 saturated carbocycles. The van der Waals surface area contributed by atoms with Gasteiger partial charge in [-0.05, 0) is 43.5 Å². The van der Waals surface area contributed by atoms with Crippen LogP contribution in [0.25, 0.3) is 0 Å². The Kier molecular flexibility index (Phi) is 8.05. The molecule has 0 spiro atoms. The molecular formula is C14H19BrO4. The quantitative estimate of drug-likeness (QED) is 0.527. The highest BCUT2D eigenvalue weighted by Gasteiger charge is 1.99. The van der Waals surface area contributed by atoms with Crippen molar-refractivity contribution in [3.05, 3.63) is 24.3 Å². The van der Waals surface area contributed by atoms with Crippen molar-refractivity contribution >= 4 is 21.9 Å². The summed E-state index contributed by atoms with van der Waals surface area (Å²) in [7, 11) is 0. The van der Waals surface area contributed by atoms with Crippen molar-refractivity contribution in [1.82, 2.24) is 0 Å². The average Bonchev–Trinajstić information content (AvgIpc) is 2.40. The minimum Gasteiger partial charge on any atom is -0.494 e. The first-order valence-corrected chi connectivity index (χ1v) is 7.48. The summed E-state index contributed by atoms with van der Waals surface area (Å²) in [5.41, 5.74) is 0. The Balaban J connectivity index is 2.18. The molecule has 0 aliphatic rings. The Bertz CT molecular complexity index is 364. The molecule has 1 aromatic rings. The largest absolute Gasteiger partial charge is 0.494 e. The van der Waals surface area contributed by atoms with Crippen LogP contribution in [-0.2, 0) is 4.79 Å². The normalized spacial score (nSPS) is 10.2. The number of carboxylic acids is 1. The van der Waals surface area contributed by atoms with E-state index in [1.54, 1.807) is 0 Å². The van der Waals surface area contributed by atoms with Crippen molar-refractivity contribution in [1.29, 1.82) is 0 Å². The second-order valence-electron chi connectivity index (χ2n) is 4.06. The predicted molar refractivity (Wildman–Crippen MR) is 77.3 cm³/mol. The molecule has 0 amide bonds. The Labute approximate surface area is 121 Å². The van der Waals surface area contributed by atoms with Gasteiger partial charge in [-0.2, -0.15) is 0 Å². The van der Waals surface area contributed by atoms with Crippen molar-refractivity contribution in [3.8, 4) is 11.5 Å². The maximum atomic E-state index is 10.3. The van der Waals surface area contributed by atoms with Crippen LogP contribution < -0.4 is 9.47 Å². The first-order chi connectivity index (χ1) is 9.22. The Morgan fingerprint density at radius 3 is 2.00 bits per heavy atom. The lowest BCUT2D eigenvalue weighted by atomic mass is 10.2. The lowest BCUT2D eigenvalue weighted by Crippen LogP contribution is -2.00. The summed E-state index contributed by atoms with van der Waals surface area (Å²) in [5.74, 6) is 0.854. The summed E-state index contributed by atoms with van der Waals surface area (Å²) in [4.78, 5) is 10.3. The lowest BCUT2D eigenvalue weighted by Gasteiger charge is -2.08. The van der Waals surface area contributed by atoms with Gasteiger partial charge in [0.05, 0.1) is 13.2 Å². The first-order valence-electron chi connectivity index (χ1n) is 6.36. The molecule has 1 N–H and O–H groups in total. The molecule has 0 saturated heterocycles. The molecule has 0 bridgehead atoms. The van der Waals surface area contributed by atoms with E-state index in [0.29, 0.717) is 19.6 Å². The van der Waals surface area contributed by atoms with Gasteiger partial charge in [-0.3, -0.25) is 4.79 Å². The highest BCUT2D eigenvalue weighted by atomic mass is 79.9. The third kappa shape index (κ3) is 7.72. The third-order valence-electron chi connectivity index (χ3n) is 2.42.